The molecule has 156 valence electrons. The molecule has 0 saturated heterocycles. The molecule has 4 heteroatoms. The van der Waals surface area contributed by atoms with Gasteiger partial charge in [0.1, 0.15) is 11.6 Å². The number of nitrogens with zero attached hydrogens (tertiary/aromatic N) is 2. The van der Waals surface area contributed by atoms with Crippen molar-refractivity contribution in [1.82, 2.24) is 0 Å². The first-order valence-corrected chi connectivity index (χ1v) is 10.4. The lowest BCUT2D eigenvalue weighted by molar-refractivity contribution is -0.112. The zero-order chi connectivity index (χ0) is 22.2. The van der Waals surface area contributed by atoms with Crippen molar-refractivity contribution in [3.8, 4) is 6.07 Å². The first kappa shape index (κ1) is 21.6. The number of hydrogen-bond acceptors (Lipinski definition) is 3. The molecule has 0 bridgehead atoms. The van der Waals surface area contributed by atoms with Crippen LogP contribution in [0.3, 0.4) is 0 Å². The number of nitriles is 1. The number of aryl methyl sites for hydroxylation is 3. The second-order valence-corrected chi connectivity index (χ2v) is 9.17. The van der Waals surface area contributed by atoms with Crippen molar-refractivity contribution in [1.29, 1.82) is 5.26 Å². The largest absolute Gasteiger partial charge is 0.369 e. The smallest absolute Gasteiger partial charge is 0.266 e. The van der Waals surface area contributed by atoms with Gasteiger partial charge < -0.3 is 10.2 Å². The quantitative estimate of drug-likeness (QED) is 0.516. The molecule has 0 saturated carbocycles. The molecule has 4 nitrogen and oxygen atoms in total. The predicted octanol–water partition coefficient (Wildman–Crippen LogP) is 5.88. The number of rotatable bonds is 3. The molecule has 0 fully saturated rings. The lowest BCUT2D eigenvalue weighted by atomic mass is 9.79. The van der Waals surface area contributed by atoms with E-state index in [-0.39, 0.29) is 17.0 Å². The molecule has 1 heterocycles. The van der Waals surface area contributed by atoms with Crippen LogP contribution in [0.25, 0.3) is 6.08 Å². The van der Waals surface area contributed by atoms with Crippen molar-refractivity contribution in [2.75, 3.05) is 17.3 Å². The van der Waals surface area contributed by atoms with Crippen LogP contribution in [0.4, 0.5) is 11.4 Å². The van der Waals surface area contributed by atoms with E-state index in [1.807, 2.05) is 39.0 Å². The van der Waals surface area contributed by atoms with Crippen molar-refractivity contribution in [3.63, 3.8) is 0 Å². The highest BCUT2D eigenvalue weighted by atomic mass is 16.1. The van der Waals surface area contributed by atoms with Crippen LogP contribution in [0, 0.1) is 32.1 Å². The van der Waals surface area contributed by atoms with E-state index in [1.165, 1.54) is 11.3 Å². The van der Waals surface area contributed by atoms with Crippen LogP contribution in [0.5, 0.6) is 0 Å². The van der Waals surface area contributed by atoms with Gasteiger partial charge in [0.2, 0.25) is 0 Å². The second kappa shape index (κ2) is 7.99. The van der Waals surface area contributed by atoms with Gasteiger partial charge in [-0.3, -0.25) is 4.79 Å². The van der Waals surface area contributed by atoms with E-state index < -0.39 is 0 Å². The molecule has 2 aromatic carbocycles. The third kappa shape index (κ3) is 4.11. The highest BCUT2D eigenvalue weighted by molar-refractivity contribution is 6.09. The molecule has 0 spiro atoms. The van der Waals surface area contributed by atoms with Crippen LogP contribution in [-0.4, -0.2) is 18.5 Å². The van der Waals surface area contributed by atoms with E-state index in [0.717, 1.165) is 28.7 Å². The van der Waals surface area contributed by atoms with Crippen LogP contribution in [0.15, 0.2) is 35.9 Å². The monoisotopic (exact) mass is 401 g/mol. The molecule has 1 aliphatic heterocycles. The summed E-state index contributed by atoms with van der Waals surface area (Å²) in [5, 5.41) is 12.5. The first-order valence-electron chi connectivity index (χ1n) is 10.4. The third-order valence-corrected chi connectivity index (χ3v) is 6.45. The number of fused-ring (bicyclic) bond motifs is 1. The Morgan fingerprint density at radius 1 is 1.17 bits per heavy atom. The number of amides is 1. The van der Waals surface area contributed by atoms with Gasteiger partial charge in [-0.05, 0) is 105 Å². The van der Waals surface area contributed by atoms with E-state index in [1.54, 1.807) is 6.08 Å². The lowest BCUT2D eigenvalue weighted by Crippen LogP contribution is -2.45. The number of carbonyl (C=O) groups excluding carboxylic acids is 1. The Hall–Kier alpha value is -3.06. The Labute approximate surface area is 180 Å². The summed E-state index contributed by atoms with van der Waals surface area (Å²) in [5.74, 6) is 0.0259. The highest BCUT2D eigenvalue weighted by Gasteiger charge is 2.34. The van der Waals surface area contributed by atoms with E-state index in [4.69, 9.17) is 0 Å². The second-order valence-electron chi connectivity index (χ2n) is 9.17. The maximum atomic E-state index is 12.7. The molecule has 2 aromatic rings. The Bertz CT molecular complexity index is 1070. The van der Waals surface area contributed by atoms with Crippen molar-refractivity contribution in [2.24, 2.45) is 0 Å². The van der Waals surface area contributed by atoms with Gasteiger partial charge in [0.25, 0.3) is 5.91 Å². The fraction of sp³-hybridized carbons (Fsp3) is 0.385. The number of benzene rings is 2. The summed E-state index contributed by atoms with van der Waals surface area (Å²) in [5.41, 5.74) is 7.62. The number of anilines is 2. The lowest BCUT2D eigenvalue weighted by Gasteiger charge is -2.45. The molecule has 0 aromatic heterocycles. The molecule has 1 N–H and O–H groups in total. The minimum atomic E-state index is -0.385. The van der Waals surface area contributed by atoms with Gasteiger partial charge >= 0.3 is 0 Å². The van der Waals surface area contributed by atoms with Gasteiger partial charge in [-0.2, -0.15) is 5.26 Å². The van der Waals surface area contributed by atoms with Gasteiger partial charge in [-0.25, -0.2) is 0 Å². The van der Waals surface area contributed by atoms with E-state index >= 15 is 0 Å². The van der Waals surface area contributed by atoms with Crippen LogP contribution in [0.2, 0.25) is 0 Å². The summed E-state index contributed by atoms with van der Waals surface area (Å²) >= 11 is 0. The summed E-state index contributed by atoms with van der Waals surface area (Å²) in [6.45, 7) is 12.8. The van der Waals surface area contributed by atoms with Crippen molar-refractivity contribution >= 4 is 23.4 Å². The zero-order valence-corrected chi connectivity index (χ0v) is 19.1. The van der Waals surface area contributed by atoms with Crippen molar-refractivity contribution < 1.29 is 4.79 Å². The number of nitrogens with one attached hydrogen (secondary N) is 1. The summed E-state index contributed by atoms with van der Waals surface area (Å²) in [6, 6.07) is 12.1. The molecule has 1 aliphatic rings. The van der Waals surface area contributed by atoms with Gasteiger partial charge in [0, 0.05) is 24.0 Å². The van der Waals surface area contributed by atoms with Gasteiger partial charge in [0.15, 0.2) is 0 Å². The van der Waals surface area contributed by atoms with E-state index in [2.05, 4.69) is 56.2 Å². The Balaban J connectivity index is 1.94. The van der Waals surface area contributed by atoms with Gasteiger partial charge in [0.05, 0.1) is 0 Å². The molecule has 30 heavy (non-hydrogen) atoms. The van der Waals surface area contributed by atoms with Gasteiger partial charge in [-0.15, -0.1) is 0 Å². The first-order chi connectivity index (χ1) is 14.0. The SMILES string of the molecule is Cc1ccc(NC(=O)/C(C#N)=C\c2cc3c(cc2C)N(C)C(C)(C)CC3C)cc1C. The number of carbonyl (C=O) groups is 1. The fourth-order valence-electron chi connectivity index (χ4n) is 4.21. The minimum Gasteiger partial charge on any atom is -0.369 e. The Morgan fingerprint density at radius 3 is 2.50 bits per heavy atom. The van der Waals surface area contributed by atoms with Gasteiger partial charge in [-0.1, -0.05) is 13.0 Å². The van der Waals surface area contributed by atoms with E-state index in [0.29, 0.717) is 11.6 Å². The van der Waals surface area contributed by atoms with E-state index in [9.17, 15) is 10.1 Å². The molecule has 1 unspecified atom stereocenters. The van der Waals surface area contributed by atoms with Crippen molar-refractivity contribution in [3.05, 3.63) is 63.7 Å². The molecular weight excluding hydrogens is 370 g/mol. The number of hydrogen-bond donors (Lipinski definition) is 1. The highest BCUT2D eigenvalue weighted by Crippen LogP contribution is 2.43. The van der Waals surface area contributed by atoms with Crippen LogP contribution in [0.1, 0.15) is 60.9 Å². The molecule has 0 aliphatic carbocycles. The summed E-state index contributed by atoms with van der Waals surface area (Å²) in [7, 11) is 2.14. The predicted molar refractivity (Wildman–Crippen MR) is 125 cm³/mol. The minimum absolute atomic E-state index is 0.0973. The maximum Gasteiger partial charge on any atom is 0.266 e. The molecule has 0 radical (unpaired) electrons. The van der Waals surface area contributed by atoms with Crippen LogP contribution < -0.4 is 10.2 Å². The Kier molecular flexibility index (Phi) is 5.76. The molecule has 3 rings (SSSR count). The normalized spacial score (nSPS) is 17.9. The Morgan fingerprint density at radius 2 is 1.87 bits per heavy atom. The van der Waals surface area contributed by atoms with Crippen molar-refractivity contribution in [2.45, 2.75) is 59.4 Å². The average molecular weight is 402 g/mol. The topological polar surface area (TPSA) is 56.1 Å². The molecule has 1 amide bonds. The average Bonchev–Trinajstić information content (AvgIpc) is 2.67. The standard InChI is InChI=1S/C26H31N3O/c1-16-8-9-22(10-17(16)2)28-25(30)21(15-27)12-20-13-23-19(4)14-26(5,6)29(7)24(23)11-18(20)3/h8-13,19H,14H2,1-7H3,(H,28,30)/b21-12-. The van der Waals surface area contributed by atoms with Crippen LogP contribution in [-0.2, 0) is 4.79 Å². The fourth-order valence-corrected chi connectivity index (χ4v) is 4.21. The summed E-state index contributed by atoms with van der Waals surface area (Å²) < 4.78 is 0. The third-order valence-electron chi connectivity index (χ3n) is 6.45. The molecular formula is C26H31N3O. The summed E-state index contributed by atoms with van der Waals surface area (Å²) in [4.78, 5) is 15.1. The maximum absolute atomic E-state index is 12.7. The summed E-state index contributed by atoms with van der Waals surface area (Å²) in [6.07, 6.45) is 2.76. The molecule has 1 atom stereocenters. The zero-order valence-electron chi connectivity index (χ0n) is 19.1. The van der Waals surface area contributed by atoms with Crippen LogP contribution >= 0.6 is 0 Å².